The van der Waals surface area contributed by atoms with Crippen LogP contribution in [-0.4, -0.2) is 58.0 Å². The van der Waals surface area contributed by atoms with Crippen LogP contribution in [-0.2, 0) is 9.53 Å². The number of nitrogens with zero attached hydrogens (tertiary/aromatic N) is 1. The number of nitrogens with two attached hydrogens (primary N) is 1. The van der Waals surface area contributed by atoms with E-state index in [1.165, 1.54) is 0 Å². The minimum Gasteiger partial charge on any atom is -0.497 e. The molecule has 7 heteroatoms. The Morgan fingerprint density at radius 3 is 2.56 bits per heavy atom. The van der Waals surface area contributed by atoms with Gasteiger partial charge in [-0.05, 0) is 19.3 Å². The molecule has 3 atom stereocenters. The van der Waals surface area contributed by atoms with Gasteiger partial charge in [0, 0.05) is 49.6 Å². The molecule has 1 amide bonds. The number of benzene rings is 1. The minimum absolute atomic E-state index is 0.0140. The Morgan fingerprint density at radius 1 is 1.24 bits per heavy atom. The zero-order valence-electron chi connectivity index (χ0n) is 14.9. The van der Waals surface area contributed by atoms with Gasteiger partial charge in [0.15, 0.2) is 0 Å². The lowest BCUT2D eigenvalue weighted by atomic mass is 10.1. The van der Waals surface area contributed by atoms with Crippen molar-refractivity contribution in [1.29, 1.82) is 0 Å². The number of anilines is 1. The van der Waals surface area contributed by atoms with Crippen molar-refractivity contribution in [3.05, 3.63) is 18.2 Å². The van der Waals surface area contributed by atoms with Gasteiger partial charge in [0.1, 0.15) is 17.6 Å². The summed E-state index contributed by atoms with van der Waals surface area (Å²) in [6, 6.07) is 5.94. The van der Waals surface area contributed by atoms with Crippen molar-refractivity contribution in [3.8, 4) is 11.5 Å². The van der Waals surface area contributed by atoms with Gasteiger partial charge in [-0.25, -0.2) is 0 Å². The smallest absolute Gasteiger partial charge is 0.249 e. The number of hydrogen-bond donors (Lipinski definition) is 2. The van der Waals surface area contributed by atoms with Crippen LogP contribution in [0.5, 0.6) is 11.5 Å². The summed E-state index contributed by atoms with van der Waals surface area (Å²) >= 11 is 0. The maximum absolute atomic E-state index is 12.4. The third-order valence-electron chi connectivity index (χ3n) is 4.90. The first kappa shape index (κ1) is 17.8. The molecule has 0 spiro atoms. The molecule has 3 rings (SSSR count). The third kappa shape index (κ3) is 4.16. The molecule has 0 aromatic heterocycles. The van der Waals surface area contributed by atoms with Crippen molar-refractivity contribution in [2.75, 3.05) is 38.8 Å². The van der Waals surface area contributed by atoms with Crippen LogP contribution in [0.2, 0.25) is 0 Å². The molecular weight excluding hydrogens is 322 g/mol. The summed E-state index contributed by atoms with van der Waals surface area (Å²) in [5, 5.41) is 3.11. The van der Waals surface area contributed by atoms with E-state index in [-0.39, 0.29) is 24.2 Å². The summed E-state index contributed by atoms with van der Waals surface area (Å²) in [7, 11) is 3.28. The van der Waals surface area contributed by atoms with Crippen molar-refractivity contribution in [1.82, 2.24) is 5.32 Å². The highest BCUT2D eigenvalue weighted by molar-refractivity contribution is 5.81. The molecule has 25 heavy (non-hydrogen) atoms. The van der Waals surface area contributed by atoms with Crippen LogP contribution in [0.3, 0.4) is 0 Å². The Bertz CT molecular complexity index is 588. The lowest BCUT2D eigenvalue weighted by Gasteiger charge is -2.21. The standard InChI is InChI=1S/C18H27N3O4/c1-23-15-7-13(8-16(9-15)24-2)21-6-5-12(11-21)20-18(22)17-4-3-14(10-19)25-17/h7-9,12,14,17H,3-6,10-11,19H2,1-2H3,(H,20,22)/t12?,14-,17+/m1/s1. The molecule has 2 aliphatic heterocycles. The largest absolute Gasteiger partial charge is 0.497 e. The molecule has 138 valence electrons. The Kier molecular flexibility index (Phi) is 5.65. The predicted octanol–water partition coefficient (Wildman–Crippen LogP) is 0.905. The van der Waals surface area contributed by atoms with Crippen molar-refractivity contribution >= 4 is 11.6 Å². The SMILES string of the molecule is COc1cc(OC)cc(N2CCC(NC(=O)[C@@H]3CC[C@H](CN)O3)C2)c1. The van der Waals surface area contributed by atoms with E-state index in [2.05, 4.69) is 10.2 Å². The lowest BCUT2D eigenvalue weighted by molar-refractivity contribution is -0.132. The first-order chi connectivity index (χ1) is 12.1. The topological polar surface area (TPSA) is 86.1 Å². The molecule has 1 aromatic carbocycles. The first-order valence-corrected chi connectivity index (χ1v) is 8.77. The summed E-state index contributed by atoms with van der Waals surface area (Å²) in [6.45, 7) is 2.10. The molecule has 1 unspecified atom stereocenters. The zero-order chi connectivity index (χ0) is 17.8. The first-order valence-electron chi connectivity index (χ1n) is 8.77. The van der Waals surface area contributed by atoms with Crippen molar-refractivity contribution in [2.45, 2.75) is 37.5 Å². The van der Waals surface area contributed by atoms with Gasteiger partial charge >= 0.3 is 0 Å². The number of carbonyl (C=O) groups is 1. The fraction of sp³-hybridized carbons (Fsp3) is 0.611. The van der Waals surface area contributed by atoms with E-state index >= 15 is 0 Å². The van der Waals surface area contributed by atoms with Gasteiger partial charge < -0.3 is 30.2 Å². The third-order valence-corrected chi connectivity index (χ3v) is 4.90. The molecule has 0 saturated carbocycles. The van der Waals surface area contributed by atoms with Crippen LogP contribution < -0.4 is 25.4 Å². The Hall–Kier alpha value is -1.99. The average molecular weight is 349 g/mol. The number of nitrogens with one attached hydrogen (secondary N) is 1. The predicted molar refractivity (Wildman–Crippen MR) is 95.3 cm³/mol. The molecule has 2 saturated heterocycles. The zero-order valence-corrected chi connectivity index (χ0v) is 14.9. The fourth-order valence-corrected chi connectivity index (χ4v) is 3.45. The van der Waals surface area contributed by atoms with Crippen LogP contribution in [0, 0.1) is 0 Å². The van der Waals surface area contributed by atoms with E-state index in [1.807, 2.05) is 18.2 Å². The van der Waals surface area contributed by atoms with Crippen molar-refractivity contribution < 1.29 is 19.0 Å². The van der Waals surface area contributed by atoms with Gasteiger partial charge in [-0.2, -0.15) is 0 Å². The van der Waals surface area contributed by atoms with Crippen LogP contribution in [0.25, 0.3) is 0 Å². The lowest BCUT2D eigenvalue weighted by Crippen LogP contribution is -2.43. The van der Waals surface area contributed by atoms with Gasteiger partial charge in [0.25, 0.3) is 0 Å². The molecule has 2 heterocycles. The monoisotopic (exact) mass is 349 g/mol. The van der Waals surface area contributed by atoms with Crippen LogP contribution in [0.1, 0.15) is 19.3 Å². The summed E-state index contributed by atoms with van der Waals surface area (Å²) in [4.78, 5) is 14.6. The number of rotatable bonds is 6. The highest BCUT2D eigenvalue weighted by Gasteiger charge is 2.32. The van der Waals surface area contributed by atoms with Gasteiger partial charge in [-0.1, -0.05) is 0 Å². The van der Waals surface area contributed by atoms with Crippen molar-refractivity contribution in [2.24, 2.45) is 5.73 Å². The Morgan fingerprint density at radius 2 is 1.96 bits per heavy atom. The number of carbonyl (C=O) groups excluding carboxylic acids is 1. The van der Waals surface area contributed by atoms with E-state index in [9.17, 15) is 4.79 Å². The van der Waals surface area contributed by atoms with Gasteiger partial charge in [-0.15, -0.1) is 0 Å². The summed E-state index contributed by atoms with van der Waals surface area (Å²) in [6.07, 6.45) is 2.16. The van der Waals surface area contributed by atoms with E-state index < -0.39 is 0 Å². The van der Waals surface area contributed by atoms with E-state index in [0.717, 1.165) is 49.5 Å². The summed E-state index contributed by atoms with van der Waals surface area (Å²) in [5.74, 6) is 1.49. The second kappa shape index (κ2) is 7.93. The Balaban J connectivity index is 1.57. The normalized spacial score (nSPS) is 25.9. The maximum atomic E-state index is 12.4. The number of ether oxygens (including phenoxy) is 3. The van der Waals surface area contributed by atoms with Crippen LogP contribution >= 0.6 is 0 Å². The summed E-state index contributed by atoms with van der Waals surface area (Å²) in [5.41, 5.74) is 6.64. The van der Waals surface area contributed by atoms with E-state index in [1.54, 1.807) is 14.2 Å². The quantitative estimate of drug-likeness (QED) is 0.794. The molecule has 3 N–H and O–H groups in total. The molecule has 0 bridgehead atoms. The van der Waals surface area contributed by atoms with E-state index in [0.29, 0.717) is 6.54 Å². The molecule has 1 aromatic rings. The second-order valence-corrected chi connectivity index (χ2v) is 6.57. The molecule has 2 fully saturated rings. The van der Waals surface area contributed by atoms with Crippen LogP contribution in [0.15, 0.2) is 18.2 Å². The number of hydrogen-bond acceptors (Lipinski definition) is 6. The molecule has 0 aliphatic carbocycles. The maximum Gasteiger partial charge on any atom is 0.249 e. The molecule has 0 radical (unpaired) electrons. The number of methoxy groups -OCH3 is 2. The van der Waals surface area contributed by atoms with Gasteiger partial charge in [0.05, 0.1) is 20.3 Å². The van der Waals surface area contributed by atoms with Crippen molar-refractivity contribution in [3.63, 3.8) is 0 Å². The second-order valence-electron chi connectivity index (χ2n) is 6.57. The fourth-order valence-electron chi connectivity index (χ4n) is 3.45. The Labute approximate surface area is 148 Å². The average Bonchev–Trinajstić information content (AvgIpc) is 3.30. The molecular formula is C18H27N3O4. The molecule has 7 nitrogen and oxygen atoms in total. The van der Waals surface area contributed by atoms with E-state index in [4.69, 9.17) is 19.9 Å². The van der Waals surface area contributed by atoms with Crippen LogP contribution in [0.4, 0.5) is 5.69 Å². The highest BCUT2D eigenvalue weighted by Crippen LogP contribution is 2.30. The number of amides is 1. The van der Waals surface area contributed by atoms with Gasteiger partial charge in [-0.3, -0.25) is 4.79 Å². The van der Waals surface area contributed by atoms with Gasteiger partial charge in [0.2, 0.25) is 5.91 Å². The summed E-state index contributed by atoms with van der Waals surface area (Å²) < 4.78 is 16.3. The highest BCUT2D eigenvalue weighted by atomic mass is 16.5. The molecule has 2 aliphatic rings. The minimum atomic E-state index is -0.362.